The Balaban J connectivity index is 4.57. The predicted octanol–water partition coefficient (Wildman–Crippen LogP) is 15.7. The zero-order chi connectivity index (χ0) is 43.8. The number of allylic oxidation sites excluding steroid dienone is 6. The number of rotatable bonds is 47. The number of ether oxygens (including phenoxy) is 1. The van der Waals surface area contributed by atoms with Gasteiger partial charge in [0.15, 0.2) is 0 Å². The highest BCUT2D eigenvalue weighted by atomic mass is 16.5. The topological polar surface area (TPSA) is 95.9 Å². The maximum absolute atomic E-state index is 13.2. The molecule has 3 N–H and O–H groups in total. The summed E-state index contributed by atoms with van der Waals surface area (Å²) < 4.78 is 5.93. The molecule has 0 aliphatic heterocycles. The van der Waals surface area contributed by atoms with E-state index in [-0.39, 0.29) is 24.9 Å². The van der Waals surface area contributed by atoms with E-state index < -0.39 is 18.2 Å². The second-order valence-corrected chi connectivity index (χ2v) is 18.0. The lowest BCUT2D eigenvalue weighted by Crippen LogP contribution is -2.46. The number of nitrogens with one attached hydrogen (secondary N) is 1. The van der Waals surface area contributed by atoms with Gasteiger partial charge >= 0.3 is 5.97 Å². The lowest BCUT2D eigenvalue weighted by atomic mass is 10.0. The standard InChI is InChI=1S/C54H101NO5/c1-4-7-10-13-16-19-21-23-25-26-27-28-30-32-35-38-41-44-47-54(59)60-50(45-42-39-36-34-31-29-24-22-20-17-14-11-8-5-2)48-53(58)55-51(49-56)52(57)46-43-40-37-33-18-15-12-9-6-3/h21,23,25-28,50-52,56-57H,4-20,22,24,29-49H2,1-3H3,(H,55,58)/b23-21+,26-25+,28-27+. The van der Waals surface area contributed by atoms with Crippen molar-refractivity contribution in [1.82, 2.24) is 5.32 Å². The summed E-state index contributed by atoms with van der Waals surface area (Å²) in [5.41, 5.74) is 0. The molecule has 0 aliphatic carbocycles. The number of aliphatic hydroxyl groups excluding tert-OH is 2. The number of carbonyl (C=O) groups excluding carboxylic acids is 2. The first-order valence-electron chi connectivity index (χ1n) is 26.2. The summed E-state index contributed by atoms with van der Waals surface area (Å²) in [6, 6.07) is -0.701. The van der Waals surface area contributed by atoms with Gasteiger partial charge < -0.3 is 20.3 Å². The molecule has 0 heterocycles. The van der Waals surface area contributed by atoms with Gasteiger partial charge in [-0.2, -0.15) is 0 Å². The van der Waals surface area contributed by atoms with Crippen LogP contribution in [0.3, 0.4) is 0 Å². The lowest BCUT2D eigenvalue weighted by Gasteiger charge is -2.24. The van der Waals surface area contributed by atoms with Crippen molar-refractivity contribution in [2.45, 2.75) is 289 Å². The maximum Gasteiger partial charge on any atom is 0.306 e. The lowest BCUT2D eigenvalue weighted by molar-refractivity contribution is -0.151. The highest BCUT2D eigenvalue weighted by Crippen LogP contribution is 2.18. The molecule has 0 spiro atoms. The molecular formula is C54H101NO5. The molecule has 0 rings (SSSR count). The van der Waals surface area contributed by atoms with Crippen LogP contribution in [0.15, 0.2) is 36.5 Å². The molecule has 0 saturated heterocycles. The van der Waals surface area contributed by atoms with Crippen LogP contribution >= 0.6 is 0 Å². The maximum atomic E-state index is 13.2. The minimum absolute atomic E-state index is 0.0730. The third-order valence-corrected chi connectivity index (χ3v) is 12.0. The monoisotopic (exact) mass is 844 g/mol. The third-order valence-electron chi connectivity index (χ3n) is 12.0. The SMILES string of the molecule is CCCCCCC/C=C/C=C/C=C/CCCCCCCC(=O)OC(CCCCCCCCCCCCCCCC)CC(=O)NC(CO)C(O)CCCCCCCCCCC. The Morgan fingerprint density at radius 1 is 0.483 bits per heavy atom. The van der Waals surface area contributed by atoms with Crippen molar-refractivity contribution in [3.63, 3.8) is 0 Å². The number of aliphatic hydroxyl groups is 2. The average Bonchev–Trinajstić information content (AvgIpc) is 3.24. The Morgan fingerprint density at radius 3 is 1.27 bits per heavy atom. The summed E-state index contributed by atoms with van der Waals surface area (Å²) in [4.78, 5) is 26.1. The van der Waals surface area contributed by atoms with Crippen LogP contribution in [0.2, 0.25) is 0 Å². The summed E-state index contributed by atoms with van der Waals surface area (Å²) in [5, 5.41) is 23.7. The van der Waals surface area contributed by atoms with E-state index in [4.69, 9.17) is 4.74 Å². The number of hydrogen-bond donors (Lipinski definition) is 3. The van der Waals surface area contributed by atoms with E-state index in [2.05, 4.69) is 62.5 Å². The third kappa shape index (κ3) is 42.8. The Kier molecular flexibility index (Phi) is 46.6. The second-order valence-electron chi connectivity index (χ2n) is 18.0. The molecule has 0 fully saturated rings. The fourth-order valence-electron chi connectivity index (χ4n) is 8.02. The smallest absolute Gasteiger partial charge is 0.306 e. The van der Waals surface area contributed by atoms with Crippen LogP contribution in [0, 0.1) is 0 Å². The van der Waals surface area contributed by atoms with Gasteiger partial charge in [-0.1, -0.05) is 243 Å². The van der Waals surface area contributed by atoms with Gasteiger partial charge in [0.05, 0.1) is 25.2 Å². The molecule has 0 aromatic heterocycles. The first-order chi connectivity index (χ1) is 29.5. The molecule has 0 aromatic carbocycles. The normalized spacial score (nSPS) is 13.5. The molecule has 6 heteroatoms. The van der Waals surface area contributed by atoms with E-state index in [0.29, 0.717) is 19.3 Å². The first kappa shape index (κ1) is 58.1. The van der Waals surface area contributed by atoms with Crippen molar-refractivity contribution in [2.75, 3.05) is 6.61 Å². The Labute approximate surface area is 373 Å². The molecule has 3 unspecified atom stereocenters. The highest BCUT2D eigenvalue weighted by molar-refractivity contribution is 5.77. The van der Waals surface area contributed by atoms with E-state index in [1.165, 1.54) is 154 Å². The van der Waals surface area contributed by atoms with E-state index in [9.17, 15) is 19.8 Å². The molecule has 0 bridgehead atoms. The fraction of sp³-hybridized carbons (Fsp3) is 0.852. The van der Waals surface area contributed by atoms with E-state index >= 15 is 0 Å². The van der Waals surface area contributed by atoms with Gasteiger partial charge in [0.25, 0.3) is 0 Å². The Bertz CT molecular complexity index is 993. The van der Waals surface area contributed by atoms with E-state index in [1.54, 1.807) is 0 Å². The molecule has 0 saturated carbocycles. The summed E-state index contributed by atoms with van der Waals surface area (Å²) in [5.74, 6) is -0.486. The number of unbranched alkanes of at least 4 members (excludes halogenated alkanes) is 31. The molecular weight excluding hydrogens is 743 g/mol. The molecule has 0 aromatic rings. The minimum atomic E-state index is -0.787. The predicted molar refractivity (Wildman–Crippen MR) is 259 cm³/mol. The van der Waals surface area contributed by atoms with Gasteiger partial charge in [0.1, 0.15) is 6.10 Å². The number of hydrogen-bond acceptors (Lipinski definition) is 5. The average molecular weight is 844 g/mol. The molecule has 0 radical (unpaired) electrons. The largest absolute Gasteiger partial charge is 0.462 e. The Morgan fingerprint density at radius 2 is 0.850 bits per heavy atom. The van der Waals surface area contributed by atoms with Crippen LogP contribution in [-0.2, 0) is 14.3 Å². The fourth-order valence-corrected chi connectivity index (χ4v) is 8.02. The van der Waals surface area contributed by atoms with Crippen molar-refractivity contribution in [3.05, 3.63) is 36.5 Å². The zero-order valence-corrected chi connectivity index (χ0v) is 40.1. The zero-order valence-electron chi connectivity index (χ0n) is 40.1. The quantitative estimate of drug-likeness (QED) is 0.0322. The molecule has 3 atom stereocenters. The van der Waals surface area contributed by atoms with E-state index in [1.807, 2.05) is 0 Å². The van der Waals surface area contributed by atoms with Crippen LogP contribution in [0.5, 0.6) is 0 Å². The molecule has 60 heavy (non-hydrogen) atoms. The minimum Gasteiger partial charge on any atom is -0.462 e. The van der Waals surface area contributed by atoms with Crippen molar-refractivity contribution in [3.8, 4) is 0 Å². The van der Waals surface area contributed by atoms with Crippen molar-refractivity contribution >= 4 is 11.9 Å². The van der Waals surface area contributed by atoms with Gasteiger partial charge in [0, 0.05) is 6.42 Å². The van der Waals surface area contributed by atoms with Gasteiger partial charge in [-0.3, -0.25) is 9.59 Å². The molecule has 352 valence electrons. The van der Waals surface area contributed by atoms with Crippen molar-refractivity contribution < 1.29 is 24.5 Å². The summed E-state index contributed by atoms with van der Waals surface area (Å²) >= 11 is 0. The summed E-state index contributed by atoms with van der Waals surface area (Å²) in [6.07, 6.45) is 56.3. The van der Waals surface area contributed by atoms with Crippen LogP contribution < -0.4 is 5.32 Å². The van der Waals surface area contributed by atoms with Gasteiger partial charge in [0.2, 0.25) is 5.91 Å². The Hall–Kier alpha value is -1.92. The number of amides is 1. The number of carbonyl (C=O) groups is 2. The first-order valence-corrected chi connectivity index (χ1v) is 26.2. The van der Waals surface area contributed by atoms with E-state index in [0.717, 1.165) is 70.6 Å². The van der Waals surface area contributed by atoms with Gasteiger partial charge in [-0.15, -0.1) is 0 Å². The molecule has 0 aliphatic rings. The van der Waals surface area contributed by atoms with Crippen molar-refractivity contribution in [2.24, 2.45) is 0 Å². The number of esters is 1. The highest BCUT2D eigenvalue weighted by Gasteiger charge is 2.24. The second kappa shape index (κ2) is 48.1. The van der Waals surface area contributed by atoms with Gasteiger partial charge in [-0.05, 0) is 51.4 Å². The molecule has 6 nitrogen and oxygen atoms in total. The molecule has 1 amide bonds. The van der Waals surface area contributed by atoms with Crippen LogP contribution in [-0.4, -0.2) is 46.9 Å². The summed E-state index contributed by atoms with van der Waals surface area (Å²) in [7, 11) is 0. The van der Waals surface area contributed by atoms with Crippen LogP contribution in [0.25, 0.3) is 0 Å². The summed E-state index contributed by atoms with van der Waals surface area (Å²) in [6.45, 7) is 6.46. The van der Waals surface area contributed by atoms with Crippen molar-refractivity contribution in [1.29, 1.82) is 0 Å². The van der Waals surface area contributed by atoms with Crippen LogP contribution in [0.4, 0.5) is 0 Å². The van der Waals surface area contributed by atoms with Crippen LogP contribution in [0.1, 0.15) is 271 Å². The van der Waals surface area contributed by atoms with Gasteiger partial charge in [-0.25, -0.2) is 0 Å².